The van der Waals surface area contributed by atoms with E-state index in [1.54, 1.807) is 13.0 Å². The zero-order valence-corrected chi connectivity index (χ0v) is 12.9. The Balaban J connectivity index is 2.31. The molecule has 0 atom stereocenters. The highest BCUT2D eigenvalue weighted by Crippen LogP contribution is 2.28. The van der Waals surface area contributed by atoms with Crippen LogP contribution in [0.15, 0.2) is 12.2 Å². The van der Waals surface area contributed by atoms with E-state index in [0.29, 0.717) is 19.2 Å². The van der Waals surface area contributed by atoms with Gasteiger partial charge in [-0.25, -0.2) is 4.79 Å². The zero-order chi connectivity index (χ0) is 14.5. The SMILES string of the molecule is CC=CC(=O)OCCNC1CC(C)(C)NC(C)(C)C1. The molecule has 1 aliphatic rings. The minimum atomic E-state index is -0.268. The molecular weight excluding hydrogens is 240 g/mol. The first-order valence-electron chi connectivity index (χ1n) is 7.06. The molecular formula is C15H28N2O2. The summed E-state index contributed by atoms with van der Waals surface area (Å²) < 4.78 is 5.07. The lowest BCUT2D eigenvalue weighted by Crippen LogP contribution is -2.61. The van der Waals surface area contributed by atoms with Crippen molar-refractivity contribution in [2.75, 3.05) is 13.2 Å². The van der Waals surface area contributed by atoms with Crippen LogP contribution in [0.3, 0.4) is 0 Å². The second-order valence-electron chi connectivity index (χ2n) is 6.62. The van der Waals surface area contributed by atoms with Gasteiger partial charge >= 0.3 is 5.97 Å². The molecule has 19 heavy (non-hydrogen) atoms. The minimum Gasteiger partial charge on any atom is -0.461 e. The number of carbonyl (C=O) groups excluding carboxylic acids is 1. The summed E-state index contributed by atoms with van der Waals surface area (Å²) in [5.74, 6) is -0.268. The van der Waals surface area contributed by atoms with Crippen LogP contribution in [-0.2, 0) is 9.53 Å². The van der Waals surface area contributed by atoms with E-state index in [0.717, 1.165) is 12.8 Å². The zero-order valence-electron chi connectivity index (χ0n) is 12.9. The van der Waals surface area contributed by atoms with Gasteiger partial charge in [0.25, 0.3) is 0 Å². The van der Waals surface area contributed by atoms with Gasteiger partial charge in [-0.1, -0.05) is 6.08 Å². The normalized spacial score (nSPS) is 22.6. The lowest BCUT2D eigenvalue weighted by molar-refractivity contribution is -0.137. The Hall–Kier alpha value is -0.870. The van der Waals surface area contributed by atoms with Crippen molar-refractivity contribution in [1.29, 1.82) is 0 Å². The third-order valence-electron chi connectivity index (χ3n) is 3.27. The van der Waals surface area contributed by atoms with Gasteiger partial charge in [-0.15, -0.1) is 0 Å². The van der Waals surface area contributed by atoms with Crippen LogP contribution in [0, 0.1) is 0 Å². The molecule has 0 saturated carbocycles. The van der Waals surface area contributed by atoms with Crippen LogP contribution in [0.5, 0.6) is 0 Å². The number of hydrogen-bond donors (Lipinski definition) is 2. The first kappa shape index (κ1) is 16.2. The summed E-state index contributed by atoms with van der Waals surface area (Å²) in [7, 11) is 0. The van der Waals surface area contributed by atoms with Crippen LogP contribution in [-0.4, -0.2) is 36.2 Å². The average molecular weight is 268 g/mol. The molecule has 0 aromatic heterocycles. The molecule has 4 heteroatoms. The lowest BCUT2D eigenvalue weighted by Gasteiger charge is -2.46. The molecule has 1 rings (SSSR count). The summed E-state index contributed by atoms with van der Waals surface area (Å²) in [6.45, 7) is 11.9. The van der Waals surface area contributed by atoms with Gasteiger partial charge in [0.15, 0.2) is 0 Å². The molecule has 0 unspecified atom stereocenters. The standard InChI is InChI=1S/C15H28N2O2/c1-6-7-13(18)19-9-8-16-12-10-14(2,3)17-15(4,5)11-12/h6-7,12,16-17H,8-11H2,1-5H3. The van der Waals surface area contributed by atoms with E-state index in [2.05, 4.69) is 38.3 Å². The summed E-state index contributed by atoms with van der Waals surface area (Å²) in [6.07, 6.45) is 5.29. The molecule has 0 aromatic rings. The van der Waals surface area contributed by atoms with Crippen molar-refractivity contribution in [2.45, 2.75) is 64.6 Å². The highest BCUT2D eigenvalue weighted by molar-refractivity contribution is 5.81. The molecule has 4 nitrogen and oxygen atoms in total. The first-order valence-corrected chi connectivity index (χ1v) is 7.06. The number of rotatable bonds is 5. The average Bonchev–Trinajstić information content (AvgIpc) is 2.20. The van der Waals surface area contributed by atoms with Crippen LogP contribution in [0.4, 0.5) is 0 Å². The van der Waals surface area contributed by atoms with Crippen molar-refractivity contribution in [3.8, 4) is 0 Å². The van der Waals surface area contributed by atoms with Crippen molar-refractivity contribution < 1.29 is 9.53 Å². The van der Waals surface area contributed by atoms with Crippen molar-refractivity contribution in [1.82, 2.24) is 10.6 Å². The fourth-order valence-electron chi connectivity index (χ4n) is 3.07. The molecule has 1 fully saturated rings. The monoisotopic (exact) mass is 268 g/mol. The van der Waals surface area contributed by atoms with Crippen LogP contribution in [0.25, 0.3) is 0 Å². The van der Waals surface area contributed by atoms with Gasteiger partial charge in [0.1, 0.15) is 6.61 Å². The van der Waals surface area contributed by atoms with E-state index in [1.807, 2.05) is 0 Å². The third kappa shape index (κ3) is 6.21. The Morgan fingerprint density at radius 2 is 1.89 bits per heavy atom. The molecule has 110 valence electrons. The van der Waals surface area contributed by atoms with Gasteiger partial charge in [-0.3, -0.25) is 0 Å². The number of carbonyl (C=O) groups is 1. The maximum Gasteiger partial charge on any atom is 0.330 e. The van der Waals surface area contributed by atoms with E-state index in [-0.39, 0.29) is 17.0 Å². The van der Waals surface area contributed by atoms with Crippen molar-refractivity contribution >= 4 is 5.97 Å². The molecule has 1 heterocycles. The summed E-state index contributed by atoms with van der Waals surface area (Å²) in [5.41, 5.74) is 0.280. The second-order valence-corrected chi connectivity index (χ2v) is 6.62. The van der Waals surface area contributed by atoms with Gasteiger partial charge in [0.05, 0.1) is 0 Å². The highest BCUT2D eigenvalue weighted by atomic mass is 16.5. The number of nitrogens with one attached hydrogen (secondary N) is 2. The third-order valence-corrected chi connectivity index (χ3v) is 3.27. The fourth-order valence-corrected chi connectivity index (χ4v) is 3.07. The summed E-state index contributed by atoms with van der Waals surface area (Å²) in [4.78, 5) is 11.2. The summed E-state index contributed by atoms with van der Waals surface area (Å²) in [6, 6.07) is 0.465. The smallest absolute Gasteiger partial charge is 0.330 e. The maximum atomic E-state index is 11.2. The highest BCUT2D eigenvalue weighted by Gasteiger charge is 2.37. The molecule has 0 spiro atoms. The summed E-state index contributed by atoms with van der Waals surface area (Å²) in [5, 5.41) is 7.14. The fraction of sp³-hybridized carbons (Fsp3) is 0.800. The maximum absolute atomic E-state index is 11.2. The van der Waals surface area contributed by atoms with Crippen molar-refractivity contribution in [3.63, 3.8) is 0 Å². The van der Waals surface area contributed by atoms with Crippen molar-refractivity contribution in [3.05, 3.63) is 12.2 Å². The lowest BCUT2D eigenvalue weighted by atomic mass is 9.79. The van der Waals surface area contributed by atoms with Crippen LogP contribution >= 0.6 is 0 Å². The quantitative estimate of drug-likeness (QED) is 0.455. The van der Waals surface area contributed by atoms with Crippen LogP contribution in [0.2, 0.25) is 0 Å². The Morgan fingerprint density at radius 1 is 1.32 bits per heavy atom. The Morgan fingerprint density at radius 3 is 2.42 bits per heavy atom. The van der Waals surface area contributed by atoms with Gasteiger partial charge in [-0.05, 0) is 47.5 Å². The minimum absolute atomic E-state index is 0.140. The molecule has 0 radical (unpaired) electrons. The summed E-state index contributed by atoms with van der Waals surface area (Å²) >= 11 is 0. The molecule has 0 amide bonds. The van der Waals surface area contributed by atoms with Gasteiger partial charge < -0.3 is 15.4 Å². The van der Waals surface area contributed by atoms with Crippen LogP contribution in [0.1, 0.15) is 47.5 Å². The molecule has 0 aliphatic carbocycles. The Kier molecular flexibility index (Phi) is 5.56. The predicted molar refractivity (Wildman–Crippen MR) is 78.1 cm³/mol. The number of ether oxygens (including phenoxy) is 1. The number of allylic oxidation sites excluding steroid dienone is 1. The van der Waals surface area contributed by atoms with Crippen LogP contribution < -0.4 is 10.6 Å². The van der Waals surface area contributed by atoms with E-state index < -0.39 is 0 Å². The second kappa shape index (κ2) is 6.53. The Bertz CT molecular complexity index is 319. The molecule has 2 N–H and O–H groups in total. The Labute approximate surface area is 117 Å². The predicted octanol–water partition coefficient (Wildman–Crippen LogP) is 2.00. The van der Waals surface area contributed by atoms with Gasteiger partial charge in [0, 0.05) is 29.7 Å². The van der Waals surface area contributed by atoms with Gasteiger partial charge in [0.2, 0.25) is 0 Å². The molecule has 1 aliphatic heterocycles. The topological polar surface area (TPSA) is 50.4 Å². The van der Waals surface area contributed by atoms with E-state index in [1.165, 1.54) is 6.08 Å². The van der Waals surface area contributed by atoms with E-state index in [4.69, 9.17) is 4.74 Å². The van der Waals surface area contributed by atoms with Crippen molar-refractivity contribution in [2.24, 2.45) is 0 Å². The first-order chi connectivity index (χ1) is 8.74. The number of piperidine rings is 1. The number of esters is 1. The van der Waals surface area contributed by atoms with E-state index >= 15 is 0 Å². The van der Waals surface area contributed by atoms with E-state index in [9.17, 15) is 4.79 Å². The largest absolute Gasteiger partial charge is 0.461 e. The molecule has 1 saturated heterocycles. The molecule has 0 bridgehead atoms. The van der Waals surface area contributed by atoms with Gasteiger partial charge in [-0.2, -0.15) is 0 Å². The number of hydrogen-bond acceptors (Lipinski definition) is 4. The molecule has 0 aromatic carbocycles.